The first-order valence-corrected chi connectivity index (χ1v) is 7.35. The van der Waals surface area contributed by atoms with E-state index in [0.29, 0.717) is 27.9 Å². The maximum absolute atomic E-state index is 11.0. The van der Waals surface area contributed by atoms with Gasteiger partial charge in [0.25, 0.3) is 0 Å². The molecule has 0 amide bonds. The summed E-state index contributed by atoms with van der Waals surface area (Å²) in [7, 11) is 0. The van der Waals surface area contributed by atoms with Gasteiger partial charge in [0.15, 0.2) is 5.82 Å². The fraction of sp³-hybridized carbons (Fsp3) is 0.0667. The number of pyridine rings is 1. The molecule has 0 saturated heterocycles. The summed E-state index contributed by atoms with van der Waals surface area (Å²) in [5.74, 6) is -0.648. The van der Waals surface area contributed by atoms with Crippen LogP contribution in [-0.4, -0.2) is 20.5 Å². The van der Waals surface area contributed by atoms with Crippen molar-refractivity contribution in [2.75, 3.05) is 0 Å². The summed E-state index contributed by atoms with van der Waals surface area (Å²) >= 11 is 12.0. The standard InChI is InChI=1S/C15H10Cl2N4O2/c16-9-4-3-5-10(14(9)17)19-20-15-11(8-13(22)23)18-12-6-1-2-7-21(12)15/h1-7H,8H2,(H,22,23). The highest BCUT2D eigenvalue weighted by molar-refractivity contribution is 6.43. The second kappa shape index (κ2) is 6.36. The zero-order chi connectivity index (χ0) is 16.4. The molecule has 3 aromatic rings. The van der Waals surface area contributed by atoms with Gasteiger partial charge in [-0.3, -0.25) is 9.20 Å². The number of aromatic nitrogens is 2. The topological polar surface area (TPSA) is 79.3 Å². The molecule has 0 fully saturated rings. The van der Waals surface area contributed by atoms with Crippen LogP contribution >= 0.6 is 23.2 Å². The van der Waals surface area contributed by atoms with Crippen molar-refractivity contribution in [3.8, 4) is 0 Å². The maximum atomic E-state index is 11.0. The average Bonchev–Trinajstić information content (AvgIpc) is 2.85. The summed E-state index contributed by atoms with van der Waals surface area (Å²) in [6, 6.07) is 10.4. The van der Waals surface area contributed by atoms with Crippen LogP contribution in [0.3, 0.4) is 0 Å². The number of carboxylic acid groups (broad SMARTS) is 1. The molecule has 2 aromatic heterocycles. The Kier molecular flexibility index (Phi) is 4.27. The van der Waals surface area contributed by atoms with Gasteiger partial charge in [0.2, 0.25) is 0 Å². The molecule has 0 unspecified atom stereocenters. The molecule has 6 nitrogen and oxygen atoms in total. The second-order valence-electron chi connectivity index (χ2n) is 4.65. The zero-order valence-corrected chi connectivity index (χ0v) is 13.2. The van der Waals surface area contributed by atoms with Crippen LogP contribution < -0.4 is 0 Å². The number of aliphatic carboxylic acids is 1. The highest BCUT2D eigenvalue weighted by Crippen LogP contribution is 2.33. The molecule has 23 heavy (non-hydrogen) atoms. The first kappa shape index (κ1) is 15.5. The van der Waals surface area contributed by atoms with Gasteiger partial charge in [0.05, 0.1) is 22.2 Å². The van der Waals surface area contributed by atoms with Crippen molar-refractivity contribution in [3.05, 3.63) is 58.3 Å². The van der Waals surface area contributed by atoms with Gasteiger partial charge in [-0.1, -0.05) is 35.3 Å². The monoisotopic (exact) mass is 348 g/mol. The first-order chi connectivity index (χ1) is 11.1. The minimum atomic E-state index is -0.995. The molecule has 3 rings (SSSR count). The largest absolute Gasteiger partial charge is 0.481 e. The van der Waals surface area contributed by atoms with Gasteiger partial charge in [-0.2, -0.15) is 0 Å². The lowest BCUT2D eigenvalue weighted by Crippen LogP contribution is -2.00. The quantitative estimate of drug-likeness (QED) is 0.695. The number of hydrogen-bond donors (Lipinski definition) is 1. The number of rotatable bonds is 4. The van der Waals surface area contributed by atoms with E-state index in [4.69, 9.17) is 28.3 Å². The Labute approximate surface area is 141 Å². The van der Waals surface area contributed by atoms with E-state index in [9.17, 15) is 4.79 Å². The number of hydrogen-bond acceptors (Lipinski definition) is 4. The van der Waals surface area contributed by atoms with Crippen molar-refractivity contribution in [1.29, 1.82) is 0 Å². The van der Waals surface area contributed by atoms with Gasteiger partial charge >= 0.3 is 5.97 Å². The number of carbonyl (C=O) groups is 1. The molecule has 0 aliphatic rings. The molecule has 1 N–H and O–H groups in total. The Bertz CT molecular complexity index is 921. The number of carboxylic acids is 1. The Balaban J connectivity index is 2.09. The minimum Gasteiger partial charge on any atom is -0.481 e. The Morgan fingerprint density at radius 2 is 2.00 bits per heavy atom. The molecule has 2 heterocycles. The van der Waals surface area contributed by atoms with Gasteiger partial charge in [-0.25, -0.2) is 4.98 Å². The highest BCUT2D eigenvalue weighted by atomic mass is 35.5. The van der Waals surface area contributed by atoms with Crippen molar-refractivity contribution in [1.82, 2.24) is 9.38 Å². The van der Waals surface area contributed by atoms with Crippen LogP contribution in [-0.2, 0) is 11.2 Å². The molecule has 116 valence electrons. The Hall–Kier alpha value is -2.44. The Morgan fingerprint density at radius 3 is 2.78 bits per heavy atom. The average molecular weight is 349 g/mol. The van der Waals surface area contributed by atoms with Crippen LogP contribution in [0.5, 0.6) is 0 Å². The molecule has 0 spiro atoms. The third kappa shape index (κ3) is 3.18. The van der Waals surface area contributed by atoms with Crippen LogP contribution in [0.25, 0.3) is 5.65 Å². The van der Waals surface area contributed by atoms with Gasteiger partial charge < -0.3 is 5.11 Å². The van der Waals surface area contributed by atoms with E-state index < -0.39 is 5.97 Å². The second-order valence-corrected chi connectivity index (χ2v) is 5.44. The van der Waals surface area contributed by atoms with Crippen LogP contribution in [0.1, 0.15) is 5.69 Å². The van der Waals surface area contributed by atoms with Crippen LogP contribution in [0.15, 0.2) is 52.8 Å². The number of halogens is 2. The zero-order valence-electron chi connectivity index (χ0n) is 11.6. The van der Waals surface area contributed by atoms with E-state index in [-0.39, 0.29) is 11.4 Å². The van der Waals surface area contributed by atoms with Crippen molar-refractivity contribution in [2.24, 2.45) is 10.2 Å². The fourth-order valence-electron chi connectivity index (χ4n) is 2.07. The summed E-state index contributed by atoms with van der Waals surface area (Å²) < 4.78 is 1.67. The van der Waals surface area contributed by atoms with E-state index in [1.807, 2.05) is 6.07 Å². The Morgan fingerprint density at radius 1 is 1.17 bits per heavy atom. The van der Waals surface area contributed by atoms with Gasteiger partial charge in [0.1, 0.15) is 11.3 Å². The maximum Gasteiger partial charge on any atom is 0.309 e. The summed E-state index contributed by atoms with van der Waals surface area (Å²) in [6.45, 7) is 0. The van der Waals surface area contributed by atoms with Crippen molar-refractivity contribution >= 4 is 46.3 Å². The number of azo groups is 1. The van der Waals surface area contributed by atoms with E-state index >= 15 is 0 Å². The number of nitrogens with zero attached hydrogens (tertiary/aromatic N) is 4. The highest BCUT2D eigenvalue weighted by Gasteiger charge is 2.15. The smallest absolute Gasteiger partial charge is 0.309 e. The lowest BCUT2D eigenvalue weighted by Gasteiger charge is -2.00. The van der Waals surface area contributed by atoms with Gasteiger partial charge in [-0.05, 0) is 24.3 Å². The number of imidazole rings is 1. The summed E-state index contributed by atoms with van der Waals surface area (Å²) in [5, 5.41) is 17.9. The van der Waals surface area contributed by atoms with Gasteiger partial charge in [-0.15, -0.1) is 10.2 Å². The van der Waals surface area contributed by atoms with E-state index in [2.05, 4.69) is 15.2 Å². The van der Waals surface area contributed by atoms with Gasteiger partial charge in [0, 0.05) is 6.20 Å². The number of benzene rings is 1. The van der Waals surface area contributed by atoms with Crippen molar-refractivity contribution in [3.63, 3.8) is 0 Å². The van der Waals surface area contributed by atoms with Crippen molar-refractivity contribution < 1.29 is 9.90 Å². The summed E-state index contributed by atoms with van der Waals surface area (Å²) in [6.07, 6.45) is 1.49. The molecule has 0 aliphatic heterocycles. The molecule has 0 aliphatic carbocycles. The molecule has 1 aromatic carbocycles. The predicted octanol–water partition coefficient (Wildman–Crippen LogP) is 4.68. The lowest BCUT2D eigenvalue weighted by atomic mass is 10.3. The molecule has 8 heteroatoms. The molecule has 0 bridgehead atoms. The summed E-state index contributed by atoms with van der Waals surface area (Å²) in [5.41, 5.74) is 1.31. The van der Waals surface area contributed by atoms with Crippen molar-refractivity contribution in [2.45, 2.75) is 6.42 Å². The van der Waals surface area contributed by atoms with E-state index in [1.54, 1.807) is 40.9 Å². The lowest BCUT2D eigenvalue weighted by molar-refractivity contribution is -0.136. The third-order valence-electron chi connectivity index (χ3n) is 3.08. The normalized spacial score (nSPS) is 11.4. The molecular weight excluding hydrogens is 339 g/mol. The molecule has 0 saturated carbocycles. The van der Waals surface area contributed by atoms with Crippen LogP contribution in [0.4, 0.5) is 11.5 Å². The molecule has 0 atom stereocenters. The third-order valence-corrected chi connectivity index (χ3v) is 3.89. The minimum absolute atomic E-state index is 0.251. The first-order valence-electron chi connectivity index (χ1n) is 6.60. The van der Waals surface area contributed by atoms with E-state index in [1.165, 1.54) is 0 Å². The van der Waals surface area contributed by atoms with E-state index in [0.717, 1.165) is 0 Å². The SMILES string of the molecule is O=C(O)Cc1nc2ccccn2c1N=Nc1cccc(Cl)c1Cl. The van der Waals surface area contributed by atoms with Crippen LogP contribution in [0, 0.1) is 0 Å². The molecule has 0 radical (unpaired) electrons. The summed E-state index contributed by atoms with van der Waals surface area (Å²) in [4.78, 5) is 15.3. The molecular formula is C15H10Cl2N4O2. The predicted molar refractivity (Wildman–Crippen MR) is 87.2 cm³/mol. The fourth-order valence-corrected chi connectivity index (χ4v) is 2.40. The van der Waals surface area contributed by atoms with Crippen LogP contribution in [0.2, 0.25) is 10.0 Å². The number of fused-ring (bicyclic) bond motifs is 1.